The molecule has 0 saturated heterocycles. The fourth-order valence-corrected chi connectivity index (χ4v) is 2.66. The summed E-state index contributed by atoms with van der Waals surface area (Å²) in [6.45, 7) is 1.87. The van der Waals surface area contributed by atoms with Crippen LogP contribution in [-0.4, -0.2) is 41.6 Å². The molecule has 0 bridgehead atoms. The molecule has 0 aliphatic heterocycles. The van der Waals surface area contributed by atoms with Crippen molar-refractivity contribution < 1.29 is 28.6 Å². The number of hydrogen-bond donors (Lipinski definition) is 2. The number of halogens is 3. The third-order valence-corrected chi connectivity index (χ3v) is 4.24. The summed E-state index contributed by atoms with van der Waals surface area (Å²) in [7, 11) is 3.31. The van der Waals surface area contributed by atoms with Crippen molar-refractivity contribution in [3.05, 3.63) is 64.1 Å². The number of rotatable bonds is 3. The van der Waals surface area contributed by atoms with Gasteiger partial charge < -0.3 is 19.6 Å². The fraction of sp³-hybridized carbons (Fsp3) is 0.238. The largest absolute Gasteiger partial charge is 0.505 e. The summed E-state index contributed by atoms with van der Waals surface area (Å²) in [5.41, 5.74) is 3.08. The number of alkyl halides is 1. The van der Waals surface area contributed by atoms with Crippen molar-refractivity contribution in [1.29, 1.82) is 0 Å². The predicted molar refractivity (Wildman–Crippen MR) is 111 cm³/mol. The number of aliphatic hydroxyl groups excluding tert-OH is 1. The Balaban J connectivity index is 0.000000513. The van der Waals surface area contributed by atoms with E-state index in [9.17, 15) is 23.5 Å². The molecule has 158 valence electrons. The summed E-state index contributed by atoms with van der Waals surface area (Å²) in [5, 5.41) is 17.7. The maximum atomic E-state index is 13.2. The second kappa shape index (κ2) is 13.4. The van der Waals surface area contributed by atoms with E-state index in [0.717, 1.165) is 36.3 Å². The Morgan fingerprint density at radius 1 is 1.10 bits per heavy atom. The van der Waals surface area contributed by atoms with Gasteiger partial charge in [0.25, 0.3) is 0 Å². The lowest BCUT2D eigenvalue weighted by Crippen LogP contribution is -1.93. The number of aldehydes is 2. The van der Waals surface area contributed by atoms with E-state index in [1.54, 1.807) is 24.3 Å². The summed E-state index contributed by atoms with van der Waals surface area (Å²) in [4.78, 5) is 20.7. The van der Waals surface area contributed by atoms with Crippen molar-refractivity contribution in [1.82, 2.24) is 4.57 Å². The highest BCUT2D eigenvalue weighted by atomic mass is 35.5. The summed E-state index contributed by atoms with van der Waals surface area (Å²) >= 11 is 5.55. The Kier molecular flexibility index (Phi) is 12.1. The van der Waals surface area contributed by atoms with Crippen molar-refractivity contribution in [3.8, 4) is 5.75 Å². The Morgan fingerprint density at radius 3 is 2.14 bits per heavy atom. The van der Waals surface area contributed by atoms with Crippen LogP contribution in [0.4, 0.5) is 8.78 Å². The Bertz CT molecular complexity index is 925. The number of phenolic OH excluding ortho intramolecular Hbond substituents is 1. The van der Waals surface area contributed by atoms with Crippen LogP contribution >= 0.6 is 11.6 Å². The van der Waals surface area contributed by atoms with Crippen LogP contribution in [0.25, 0.3) is 10.9 Å². The summed E-state index contributed by atoms with van der Waals surface area (Å²) in [6.07, 6.45) is 1.87. The highest BCUT2D eigenvalue weighted by Gasteiger charge is 2.14. The monoisotopic (exact) mass is 427 g/mol. The molecule has 0 aliphatic carbocycles. The van der Waals surface area contributed by atoms with Gasteiger partial charge in [-0.05, 0) is 30.7 Å². The lowest BCUT2D eigenvalue weighted by Gasteiger charge is -1.99. The van der Waals surface area contributed by atoms with E-state index < -0.39 is 5.82 Å². The van der Waals surface area contributed by atoms with Gasteiger partial charge in [-0.25, -0.2) is 4.39 Å². The zero-order valence-corrected chi connectivity index (χ0v) is 17.4. The molecule has 3 rings (SSSR count). The van der Waals surface area contributed by atoms with Crippen LogP contribution in [0.5, 0.6) is 5.75 Å². The highest BCUT2D eigenvalue weighted by Crippen LogP contribution is 2.30. The number of fused-ring (bicyclic) bond motifs is 1. The minimum absolute atomic E-state index is 0.272. The normalized spacial score (nSPS) is 9.24. The molecule has 0 amide bonds. The molecule has 0 unspecified atom stereocenters. The quantitative estimate of drug-likeness (QED) is 0.606. The van der Waals surface area contributed by atoms with Gasteiger partial charge in [-0.15, -0.1) is 0 Å². The fourth-order valence-electron chi connectivity index (χ4n) is 2.53. The number of phenols is 1. The van der Waals surface area contributed by atoms with Crippen LogP contribution in [-0.2, 0) is 18.3 Å². The standard InChI is InChI=1S/C12H12FNO2.C7H5ClO.CH3F.CH4O/c1-7-8(3-4-15)9-5-12(16)10(13)6-11(9)14(7)2;8-7-3-1-6(5-9)2-4-7;2*1-2/h4-6,16H,3H2,1-2H3;1-5H;1H3;2H,1H3. The Hall–Kier alpha value is -2.77. The van der Waals surface area contributed by atoms with Gasteiger partial charge in [0, 0.05) is 48.3 Å². The Labute approximate surface area is 173 Å². The third kappa shape index (κ3) is 6.96. The van der Waals surface area contributed by atoms with Gasteiger partial charge in [0.15, 0.2) is 11.6 Å². The van der Waals surface area contributed by atoms with E-state index in [1.165, 1.54) is 12.1 Å². The minimum Gasteiger partial charge on any atom is -0.505 e. The Morgan fingerprint density at radius 2 is 1.66 bits per heavy atom. The average Bonchev–Trinajstić information content (AvgIpc) is 2.97. The number of aryl methyl sites for hydroxylation is 1. The van der Waals surface area contributed by atoms with Crippen LogP contribution in [0.15, 0.2) is 36.4 Å². The predicted octanol–water partition coefficient (Wildman–Crippen LogP) is 4.42. The molecule has 29 heavy (non-hydrogen) atoms. The zero-order chi connectivity index (χ0) is 22.6. The van der Waals surface area contributed by atoms with Crippen molar-refractivity contribution in [2.75, 3.05) is 14.3 Å². The first-order chi connectivity index (χ1) is 13.9. The number of aliphatic hydroxyl groups is 1. The molecule has 0 fully saturated rings. The van der Waals surface area contributed by atoms with Gasteiger partial charge in [-0.1, -0.05) is 23.7 Å². The van der Waals surface area contributed by atoms with Crippen LogP contribution in [0.1, 0.15) is 21.6 Å². The van der Waals surface area contributed by atoms with Crippen molar-refractivity contribution in [2.45, 2.75) is 13.3 Å². The highest BCUT2D eigenvalue weighted by molar-refractivity contribution is 6.30. The van der Waals surface area contributed by atoms with Crippen molar-refractivity contribution in [3.63, 3.8) is 0 Å². The number of carbonyl (C=O) groups excluding carboxylic acids is 2. The van der Waals surface area contributed by atoms with E-state index in [1.807, 2.05) is 18.5 Å². The SMILES string of the molecule is CF.CO.Cc1c(CC=O)c2cc(O)c(F)cc2n1C.O=Cc1ccc(Cl)cc1. The minimum atomic E-state index is -0.647. The van der Waals surface area contributed by atoms with E-state index in [2.05, 4.69) is 0 Å². The topological polar surface area (TPSA) is 79.5 Å². The molecular formula is C21H24ClF2NO4. The van der Waals surface area contributed by atoms with Crippen molar-refractivity contribution >= 4 is 35.1 Å². The first-order valence-corrected chi connectivity index (χ1v) is 8.70. The van der Waals surface area contributed by atoms with Gasteiger partial charge in [-0.2, -0.15) is 0 Å². The maximum absolute atomic E-state index is 13.2. The number of aromatic nitrogens is 1. The lowest BCUT2D eigenvalue weighted by atomic mass is 10.1. The molecule has 0 atom stereocenters. The summed E-state index contributed by atoms with van der Waals surface area (Å²) in [6, 6.07) is 9.38. The molecule has 2 aromatic carbocycles. The molecule has 8 heteroatoms. The van der Waals surface area contributed by atoms with Crippen molar-refractivity contribution in [2.24, 2.45) is 7.05 Å². The summed E-state index contributed by atoms with van der Waals surface area (Å²) < 4.78 is 24.5. The smallest absolute Gasteiger partial charge is 0.166 e. The average molecular weight is 428 g/mol. The first kappa shape index (κ1) is 26.2. The van der Waals surface area contributed by atoms with E-state index >= 15 is 0 Å². The van der Waals surface area contributed by atoms with Gasteiger partial charge in [0.1, 0.15) is 12.6 Å². The van der Waals surface area contributed by atoms with Gasteiger partial charge >= 0.3 is 0 Å². The number of benzene rings is 2. The maximum Gasteiger partial charge on any atom is 0.166 e. The van der Waals surface area contributed by atoms with E-state index in [-0.39, 0.29) is 12.2 Å². The van der Waals surface area contributed by atoms with Crippen LogP contribution in [0, 0.1) is 12.7 Å². The molecule has 1 heterocycles. The van der Waals surface area contributed by atoms with Crippen LogP contribution < -0.4 is 0 Å². The molecule has 0 saturated carbocycles. The molecule has 3 aromatic rings. The van der Waals surface area contributed by atoms with Gasteiger partial charge in [0.2, 0.25) is 0 Å². The van der Waals surface area contributed by atoms with Gasteiger partial charge in [0.05, 0.1) is 12.7 Å². The van der Waals surface area contributed by atoms with E-state index in [0.29, 0.717) is 23.3 Å². The van der Waals surface area contributed by atoms with E-state index in [4.69, 9.17) is 16.7 Å². The van der Waals surface area contributed by atoms with Crippen LogP contribution in [0.2, 0.25) is 5.02 Å². The third-order valence-electron chi connectivity index (χ3n) is 3.99. The summed E-state index contributed by atoms with van der Waals surface area (Å²) in [5.74, 6) is -1.03. The number of nitrogens with zero attached hydrogens (tertiary/aromatic N) is 1. The second-order valence-electron chi connectivity index (χ2n) is 5.48. The molecule has 5 nitrogen and oxygen atoms in total. The second-order valence-corrected chi connectivity index (χ2v) is 5.92. The molecule has 0 radical (unpaired) electrons. The number of aromatic hydroxyl groups is 1. The lowest BCUT2D eigenvalue weighted by molar-refractivity contribution is -0.107. The first-order valence-electron chi connectivity index (χ1n) is 8.32. The van der Waals surface area contributed by atoms with Crippen LogP contribution in [0.3, 0.4) is 0 Å². The molecule has 2 N–H and O–H groups in total. The zero-order valence-electron chi connectivity index (χ0n) is 16.6. The number of carbonyl (C=O) groups is 2. The van der Waals surface area contributed by atoms with Gasteiger partial charge in [-0.3, -0.25) is 9.18 Å². The molecule has 1 aromatic heterocycles. The molecule has 0 aliphatic rings. The number of hydrogen-bond acceptors (Lipinski definition) is 4. The molecular weight excluding hydrogens is 404 g/mol. The molecule has 0 spiro atoms.